The van der Waals surface area contributed by atoms with Crippen molar-refractivity contribution >= 4 is 17.8 Å². The Bertz CT molecular complexity index is 690. The average Bonchev–Trinajstić information content (AvgIpc) is 2.59. The van der Waals surface area contributed by atoms with Crippen LogP contribution in [0.4, 0.5) is 0 Å². The van der Waals surface area contributed by atoms with Gasteiger partial charge in [-0.3, -0.25) is 0 Å². The summed E-state index contributed by atoms with van der Waals surface area (Å²) in [4.78, 5) is 0. The summed E-state index contributed by atoms with van der Waals surface area (Å²) in [5.41, 5.74) is 4.73. The second kappa shape index (κ2) is 8.29. The topological polar surface area (TPSA) is 52.1 Å². The van der Waals surface area contributed by atoms with Crippen LogP contribution in [0.15, 0.2) is 41.5 Å². The molecule has 0 aliphatic rings. The Kier molecular flexibility index (Phi) is 6.11. The Morgan fingerprint density at radius 1 is 1.00 bits per heavy atom. The van der Waals surface area contributed by atoms with Crippen LogP contribution < -0.4 is 19.6 Å². The Balaban J connectivity index is 2.06. The van der Waals surface area contributed by atoms with Crippen LogP contribution in [0, 0.1) is 0 Å². The molecule has 5 nitrogen and oxygen atoms in total. The van der Waals surface area contributed by atoms with E-state index in [2.05, 4.69) is 10.5 Å². The van der Waals surface area contributed by atoms with Gasteiger partial charge in [-0.1, -0.05) is 29.8 Å². The number of para-hydroxylation sites is 1. The van der Waals surface area contributed by atoms with Crippen LogP contribution in [0.2, 0.25) is 5.02 Å². The van der Waals surface area contributed by atoms with Gasteiger partial charge in [-0.15, -0.1) is 0 Å². The van der Waals surface area contributed by atoms with Gasteiger partial charge < -0.3 is 19.6 Å². The van der Waals surface area contributed by atoms with E-state index >= 15 is 0 Å². The van der Waals surface area contributed by atoms with E-state index in [1.165, 1.54) is 0 Å². The first kappa shape index (κ1) is 17.0. The number of rotatable bonds is 7. The fraction of sp³-hybridized carbons (Fsp3) is 0.235. The molecule has 23 heavy (non-hydrogen) atoms. The molecule has 0 saturated carbocycles. The van der Waals surface area contributed by atoms with E-state index in [4.69, 9.17) is 25.8 Å². The largest absolute Gasteiger partial charge is 0.496 e. The molecule has 2 aromatic rings. The molecule has 0 bridgehead atoms. The zero-order valence-corrected chi connectivity index (χ0v) is 14.1. The maximum atomic E-state index is 6.21. The molecule has 6 heteroatoms. The van der Waals surface area contributed by atoms with Gasteiger partial charge >= 0.3 is 0 Å². The van der Waals surface area contributed by atoms with Gasteiger partial charge in [-0.05, 0) is 12.1 Å². The van der Waals surface area contributed by atoms with Gasteiger partial charge in [-0.2, -0.15) is 5.10 Å². The maximum absolute atomic E-state index is 6.21. The third kappa shape index (κ3) is 4.29. The van der Waals surface area contributed by atoms with E-state index < -0.39 is 0 Å². The van der Waals surface area contributed by atoms with Crippen molar-refractivity contribution in [2.24, 2.45) is 5.10 Å². The fourth-order valence-electron chi connectivity index (χ4n) is 2.06. The number of nitrogens with zero attached hydrogens (tertiary/aromatic N) is 1. The van der Waals surface area contributed by atoms with Crippen molar-refractivity contribution in [2.45, 2.75) is 6.54 Å². The minimum Gasteiger partial charge on any atom is -0.496 e. The number of hydrazone groups is 1. The molecule has 1 N–H and O–H groups in total. The number of hydrogen-bond donors (Lipinski definition) is 1. The number of hydrogen-bond acceptors (Lipinski definition) is 5. The highest BCUT2D eigenvalue weighted by molar-refractivity contribution is 6.33. The lowest BCUT2D eigenvalue weighted by atomic mass is 10.2. The Labute approximate surface area is 140 Å². The highest BCUT2D eigenvalue weighted by atomic mass is 35.5. The molecule has 0 aliphatic heterocycles. The molecule has 122 valence electrons. The zero-order chi connectivity index (χ0) is 16.7. The van der Waals surface area contributed by atoms with E-state index in [1.54, 1.807) is 39.7 Å². The predicted molar refractivity (Wildman–Crippen MR) is 92.0 cm³/mol. The third-order valence-corrected chi connectivity index (χ3v) is 3.59. The number of ether oxygens (including phenoxy) is 3. The molecule has 0 aromatic heterocycles. The van der Waals surface area contributed by atoms with E-state index in [-0.39, 0.29) is 0 Å². The van der Waals surface area contributed by atoms with Crippen molar-refractivity contribution in [3.05, 3.63) is 52.5 Å². The van der Waals surface area contributed by atoms with E-state index in [0.717, 1.165) is 16.9 Å². The summed E-state index contributed by atoms with van der Waals surface area (Å²) < 4.78 is 15.7. The summed E-state index contributed by atoms with van der Waals surface area (Å²) >= 11 is 6.21. The molecule has 0 unspecified atom stereocenters. The van der Waals surface area contributed by atoms with Crippen molar-refractivity contribution in [3.8, 4) is 17.2 Å². The van der Waals surface area contributed by atoms with Crippen molar-refractivity contribution in [1.82, 2.24) is 5.43 Å². The molecule has 0 fully saturated rings. The molecule has 2 rings (SSSR count). The molecule has 0 spiro atoms. The van der Waals surface area contributed by atoms with Gasteiger partial charge in [0.15, 0.2) is 11.5 Å². The van der Waals surface area contributed by atoms with Gasteiger partial charge in [-0.25, -0.2) is 0 Å². The first-order valence-electron chi connectivity index (χ1n) is 6.99. The van der Waals surface area contributed by atoms with Crippen molar-refractivity contribution < 1.29 is 14.2 Å². The zero-order valence-electron chi connectivity index (χ0n) is 13.3. The molecule has 0 radical (unpaired) electrons. The quantitative estimate of drug-likeness (QED) is 0.622. The predicted octanol–water partition coefficient (Wildman–Crippen LogP) is 3.49. The van der Waals surface area contributed by atoms with Crippen LogP contribution in [0.1, 0.15) is 11.1 Å². The molecular formula is C17H19ClN2O3. The maximum Gasteiger partial charge on any atom is 0.162 e. The summed E-state index contributed by atoms with van der Waals surface area (Å²) in [5.74, 6) is 2.00. The second-order valence-corrected chi connectivity index (χ2v) is 5.04. The smallest absolute Gasteiger partial charge is 0.162 e. The first-order chi connectivity index (χ1) is 11.2. The summed E-state index contributed by atoms with van der Waals surface area (Å²) in [6.07, 6.45) is 1.64. The van der Waals surface area contributed by atoms with Crippen LogP contribution in [-0.4, -0.2) is 27.5 Å². The number of benzene rings is 2. The van der Waals surface area contributed by atoms with Crippen molar-refractivity contribution in [3.63, 3.8) is 0 Å². The summed E-state index contributed by atoms with van der Waals surface area (Å²) in [7, 11) is 4.79. The molecule has 0 atom stereocenters. The monoisotopic (exact) mass is 334 g/mol. The summed E-state index contributed by atoms with van der Waals surface area (Å²) in [5, 5.41) is 4.73. The number of nitrogens with one attached hydrogen (secondary N) is 1. The van der Waals surface area contributed by atoms with E-state index in [9.17, 15) is 0 Å². The van der Waals surface area contributed by atoms with Crippen LogP contribution >= 0.6 is 11.6 Å². The Hall–Kier alpha value is -2.40. The SMILES string of the molecule is COc1ccccc1CN/N=C/c1cc(OC)c(OC)cc1Cl. The van der Waals surface area contributed by atoms with Crippen LogP contribution in [0.3, 0.4) is 0 Å². The lowest BCUT2D eigenvalue weighted by Crippen LogP contribution is -2.07. The first-order valence-corrected chi connectivity index (χ1v) is 7.36. The molecule has 2 aromatic carbocycles. The van der Waals surface area contributed by atoms with Crippen LogP contribution in [-0.2, 0) is 6.54 Å². The molecule has 0 saturated heterocycles. The summed E-state index contributed by atoms with van der Waals surface area (Å²) in [6.45, 7) is 0.547. The fourth-order valence-corrected chi connectivity index (χ4v) is 2.27. The normalized spacial score (nSPS) is 10.6. The van der Waals surface area contributed by atoms with Gasteiger partial charge in [0.2, 0.25) is 0 Å². The van der Waals surface area contributed by atoms with Gasteiger partial charge in [0.25, 0.3) is 0 Å². The molecular weight excluding hydrogens is 316 g/mol. The van der Waals surface area contributed by atoms with Gasteiger partial charge in [0, 0.05) is 17.2 Å². The lowest BCUT2D eigenvalue weighted by Gasteiger charge is -2.10. The third-order valence-electron chi connectivity index (χ3n) is 3.26. The summed E-state index contributed by atoms with van der Waals surface area (Å²) in [6, 6.07) is 11.2. The highest BCUT2D eigenvalue weighted by Gasteiger charge is 2.08. The van der Waals surface area contributed by atoms with Crippen LogP contribution in [0.5, 0.6) is 17.2 Å². The number of methoxy groups -OCH3 is 3. The Morgan fingerprint density at radius 3 is 2.35 bits per heavy atom. The second-order valence-electron chi connectivity index (χ2n) is 4.63. The van der Waals surface area contributed by atoms with Crippen molar-refractivity contribution in [1.29, 1.82) is 0 Å². The Morgan fingerprint density at radius 2 is 1.65 bits per heavy atom. The van der Waals surface area contributed by atoms with Crippen molar-refractivity contribution in [2.75, 3.05) is 21.3 Å². The number of halogens is 1. The van der Waals surface area contributed by atoms with Gasteiger partial charge in [0.1, 0.15) is 5.75 Å². The van der Waals surface area contributed by atoms with E-state index in [1.807, 2.05) is 24.3 Å². The van der Waals surface area contributed by atoms with Crippen LogP contribution in [0.25, 0.3) is 0 Å². The van der Waals surface area contributed by atoms with E-state index in [0.29, 0.717) is 23.1 Å². The molecule has 0 aliphatic carbocycles. The van der Waals surface area contributed by atoms with Gasteiger partial charge in [0.05, 0.1) is 39.1 Å². The minimum atomic E-state index is 0.533. The minimum absolute atomic E-state index is 0.533. The lowest BCUT2D eigenvalue weighted by molar-refractivity contribution is 0.355. The standard InChI is InChI=1S/C17H19ClN2O3/c1-21-15-7-5-4-6-12(15)10-19-20-11-13-8-16(22-2)17(23-3)9-14(13)18/h4-9,11,19H,10H2,1-3H3/b20-11+. The highest BCUT2D eigenvalue weighted by Crippen LogP contribution is 2.32. The molecule has 0 amide bonds. The average molecular weight is 335 g/mol. The molecule has 0 heterocycles.